The molecule has 0 bridgehead atoms. The molecule has 3 amide bonds. The van der Waals surface area contributed by atoms with E-state index < -0.39 is 6.03 Å². The Labute approximate surface area is 162 Å². The highest BCUT2D eigenvalue weighted by atomic mass is 16.5. The van der Waals surface area contributed by atoms with Crippen LogP contribution in [0.25, 0.3) is 0 Å². The first-order valence-electron chi connectivity index (χ1n) is 8.80. The maximum Gasteiger partial charge on any atom is 0.324 e. The van der Waals surface area contributed by atoms with Gasteiger partial charge in [-0.3, -0.25) is 15.1 Å². The van der Waals surface area contributed by atoms with Gasteiger partial charge in [0, 0.05) is 24.5 Å². The Balaban J connectivity index is 1.62. The molecule has 0 aliphatic heterocycles. The molecule has 0 spiro atoms. The first-order valence-corrected chi connectivity index (χ1v) is 8.80. The van der Waals surface area contributed by atoms with Gasteiger partial charge in [0.05, 0.1) is 19.0 Å². The fraction of sp³-hybridized carbons (Fsp3) is 0.200. The predicted octanol–water partition coefficient (Wildman–Crippen LogP) is 3.14. The molecule has 8 heteroatoms. The summed E-state index contributed by atoms with van der Waals surface area (Å²) in [6.45, 7) is 0.506. The Morgan fingerprint density at radius 3 is 2.82 bits per heavy atom. The molecule has 0 atom stereocenters. The van der Waals surface area contributed by atoms with Crippen molar-refractivity contribution in [1.29, 1.82) is 0 Å². The highest BCUT2D eigenvalue weighted by Crippen LogP contribution is 2.26. The van der Waals surface area contributed by atoms with E-state index in [0.717, 1.165) is 12.8 Å². The zero-order valence-corrected chi connectivity index (χ0v) is 15.4. The summed E-state index contributed by atoms with van der Waals surface area (Å²) in [5.41, 5.74) is 2.06. The molecule has 0 radical (unpaired) electrons. The minimum Gasteiger partial charge on any atom is -0.495 e. The Kier molecular flexibility index (Phi) is 6.35. The van der Waals surface area contributed by atoms with Crippen LogP contribution in [-0.4, -0.2) is 35.6 Å². The number of aromatic nitrogens is 2. The molecular weight excluding hydrogens is 358 g/mol. The second kappa shape index (κ2) is 9.31. The number of hydrogen-bond acceptors (Lipinski definition) is 5. The monoisotopic (exact) mass is 379 g/mol. The van der Waals surface area contributed by atoms with Crippen molar-refractivity contribution in [3.05, 3.63) is 66.2 Å². The van der Waals surface area contributed by atoms with Crippen molar-refractivity contribution >= 4 is 23.4 Å². The fourth-order valence-corrected chi connectivity index (χ4v) is 2.66. The molecular formula is C20H21N5O3. The summed E-state index contributed by atoms with van der Waals surface area (Å²) in [6.07, 6.45) is 12.5. The molecule has 3 rings (SSSR count). The number of amides is 3. The summed E-state index contributed by atoms with van der Waals surface area (Å²) in [5, 5.41) is 8.14. The van der Waals surface area contributed by atoms with Crippen LogP contribution in [0.15, 0.2) is 60.6 Å². The van der Waals surface area contributed by atoms with Gasteiger partial charge in [0.1, 0.15) is 5.75 Å². The van der Waals surface area contributed by atoms with Crippen LogP contribution in [0.1, 0.15) is 23.2 Å². The molecule has 8 nitrogen and oxygen atoms in total. The van der Waals surface area contributed by atoms with Gasteiger partial charge >= 0.3 is 6.03 Å². The zero-order chi connectivity index (χ0) is 19.8. The second-order valence-corrected chi connectivity index (χ2v) is 6.06. The number of urea groups is 1. The average molecular weight is 379 g/mol. The van der Waals surface area contributed by atoms with Gasteiger partial charge in [-0.05, 0) is 31.0 Å². The van der Waals surface area contributed by atoms with Crippen molar-refractivity contribution in [2.45, 2.75) is 12.8 Å². The van der Waals surface area contributed by atoms with Crippen molar-refractivity contribution in [3.63, 3.8) is 0 Å². The van der Waals surface area contributed by atoms with Gasteiger partial charge in [-0.1, -0.05) is 23.8 Å². The van der Waals surface area contributed by atoms with E-state index in [9.17, 15) is 9.59 Å². The maximum absolute atomic E-state index is 12.4. The largest absolute Gasteiger partial charge is 0.495 e. The van der Waals surface area contributed by atoms with Crippen LogP contribution in [0.5, 0.6) is 5.75 Å². The third-order valence-electron chi connectivity index (χ3n) is 4.09. The predicted molar refractivity (Wildman–Crippen MR) is 106 cm³/mol. The number of carbonyl (C=O) groups excluding carboxylic acids is 2. The van der Waals surface area contributed by atoms with E-state index in [1.54, 1.807) is 18.2 Å². The summed E-state index contributed by atoms with van der Waals surface area (Å²) in [4.78, 5) is 32.4. The smallest absolute Gasteiger partial charge is 0.324 e. The van der Waals surface area contributed by atoms with E-state index in [1.165, 1.54) is 31.3 Å². The lowest BCUT2D eigenvalue weighted by atomic mass is 10.1. The normalized spacial score (nSPS) is 12.7. The highest BCUT2D eigenvalue weighted by Gasteiger charge is 2.13. The third kappa shape index (κ3) is 5.16. The number of nitrogens with one attached hydrogen (secondary N) is 3. The van der Waals surface area contributed by atoms with Crippen LogP contribution >= 0.6 is 0 Å². The van der Waals surface area contributed by atoms with E-state index in [0.29, 0.717) is 29.4 Å². The summed E-state index contributed by atoms with van der Waals surface area (Å²) in [6, 6.07) is 4.34. The first-order chi connectivity index (χ1) is 13.7. The van der Waals surface area contributed by atoms with Crippen LogP contribution in [-0.2, 0) is 0 Å². The van der Waals surface area contributed by atoms with Crippen LogP contribution in [0, 0.1) is 0 Å². The van der Waals surface area contributed by atoms with E-state index in [1.807, 2.05) is 12.2 Å². The van der Waals surface area contributed by atoms with Gasteiger partial charge in [-0.25, -0.2) is 9.78 Å². The summed E-state index contributed by atoms with van der Waals surface area (Å²) >= 11 is 0. The molecule has 1 aliphatic rings. The minimum atomic E-state index is -0.492. The van der Waals surface area contributed by atoms with Crippen LogP contribution in [0.2, 0.25) is 0 Å². The molecule has 0 saturated heterocycles. The van der Waals surface area contributed by atoms with Gasteiger partial charge in [-0.2, -0.15) is 0 Å². The Hall–Kier alpha value is -3.68. The number of rotatable bonds is 6. The SMILES string of the molecule is COc1cc(C(=O)NCC2=CC=CCC2)ccc1NC(=O)Nc1cnccn1. The lowest BCUT2D eigenvalue weighted by Crippen LogP contribution is -2.26. The van der Waals surface area contributed by atoms with Gasteiger partial charge in [0.25, 0.3) is 5.91 Å². The number of ether oxygens (including phenoxy) is 1. The molecule has 1 aromatic carbocycles. The number of allylic oxidation sites excluding steroid dienone is 3. The van der Waals surface area contributed by atoms with E-state index >= 15 is 0 Å². The maximum atomic E-state index is 12.4. The van der Waals surface area contributed by atoms with E-state index in [4.69, 9.17) is 4.74 Å². The fourth-order valence-electron chi connectivity index (χ4n) is 2.66. The molecule has 0 saturated carbocycles. The number of carbonyl (C=O) groups is 2. The van der Waals surface area contributed by atoms with Gasteiger partial charge in [-0.15, -0.1) is 0 Å². The number of methoxy groups -OCH3 is 1. The van der Waals surface area contributed by atoms with Crippen molar-refractivity contribution in [2.75, 3.05) is 24.3 Å². The van der Waals surface area contributed by atoms with E-state index in [2.05, 4.69) is 32.0 Å². The Bertz CT molecular complexity index is 909. The van der Waals surface area contributed by atoms with Crippen LogP contribution in [0.3, 0.4) is 0 Å². The Morgan fingerprint density at radius 1 is 1.21 bits per heavy atom. The molecule has 0 unspecified atom stereocenters. The summed E-state index contributed by atoms with van der Waals surface area (Å²) in [7, 11) is 1.47. The number of nitrogens with zero attached hydrogens (tertiary/aromatic N) is 2. The molecule has 2 aromatic rings. The molecule has 144 valence electrons. The quantitative estimate of drug-likeness (QED) is 0.715. The molecule has 28 heavy (non-hydrogen) atoms. The zero-order valence-electron chi connectivity index (χ0n) is 15.4. The molecule has 1 aromatic heterocycles. The summed E-state index contributed by atoms with van der Waals surface area (Å²) in [5.74, 6) is 0.493. The topological polar surface area (TPSA) is 105 Å². The highest BCUT2D eigenvalue weighted by molar-refractivity contribution is 6.01. The molecule has 1 aliphatic carbocycles. The first kappa shape index (κ1) is 19.1. The summed E-state index contributed by atoms with van der Waals surface area (Å²) < 4.78 is 5.31. The number of anilines is 2. The van der Waals surface area contributed by atoms with Crippen LogP contribution in [0.4, 0.5) is 16.3 Å². The lowest BCUT2D eigenvalue weighted by Gasteiger charge is -2.13. The van der Waals surface area contributed by atoms with E-state index in [-0.39, 0.29) is 5.91 Å². The number of hydrogen-bond donors (Lipinski definition) is 3. The van der Waals surface area contributed by atoms with Gasteiger partial charge in [0.15, 0.2) is 5.82 Å². The molecule has 1 heterocycles. The Morgan fingerprint density at radius 2 is 2.11 bits per heavy atom. The van der Waals surface area contributed by atoms with Crippen molar-refractivity contribution < 1.29 is 14.3 Å². The van der Waals surface area contributed by atoms with Crippen molar-refractivity contribution in [1.82, 2.24) is 15.3 Å². The molecule has 0 fully saturated rings. The lowest BCUT2D eigenvalue weighted by molar-refractivity contribution is 0.0956. The number of benzene rings is 1. The molecule has 3 N–H and O–H groups in total. The van der Waals surface area contributed by atoms with Gasteiger partial charge < -0.3 is 15.4 Å². The standard InChI is InChI=1S/C20H21N5O3/c1-28-17-11-15(19(26)23-12-14-5-3-2-4-6-14)7-8-16(17)24-20(27)25-18-13-21-9-10-22-18/h2-3,5,7-11,13H,4,6,12H2,1H3,(H,23,26)(H2,22,24,25,27). The minimum absolute atomic E-state index is 0.204. The third-order valence-corrected chi connectivity index (χ3v) is 4.09. The second-order valence-electron chi connectivity index (χ2n) is 6.06. The van der Waals surface area contributed by atoms with Crippen LogP contribution < -0.4 is 20.7 Å². The van der Waals surface area contributed by atoms with Gasteiger partial charge in [0.2, 0.25) is 0 Å². The average Bonchev–Trinajstić information content (AvgIpc) is 2.73. The van der Waals surface area contributed by atoms with Crippen molar-refractivity contribution in [3.8, 4) is 5.75 Å². The van der Waals surface area contributed by atoms with Crippen molar-refractivity contribution in [2.24, 2.45) is 0 Å².